The normalized spacial score (nSPS) is 27.7. The van der Waals surface area contributed by atoms with Crippen LogP contribution in [0.5, 0.6) is 0 Å². The quantitative estimate of drug-likeness (QED) is 0.790. The van der Waals surface area contributed by atoms with E-state index in [0.29, 0.717) is 5.56 Å². The van der Waals surface area contributed by atoms with E-state index in [4.69, 9.17) is 0 Å². The topological polar surface area (TPSA) is 37.3 Å². The molecule has 0 heterocycles. The molecule has 0 fully saturated rings. The minimum absolute atomic E-state index is 0.194. The van der Waals surface area contributed by atoms with Crippen molar-refractivity contribution in [3.05, 3.63) is 59.7 Å². The Balaban J connectivity index is 2.38. The summed E-state index contributed by atoms with van der Waals surface area (Å²) in [7, 11) is 0. The highest BCUT2D eigenvalue weighted by atomic mass is 16.3. The Morgan fingerprint density at radius 3 is 2.59 bits per heavy atom. The molecule has 0 amide bonds. The summed E-state index contributed by atoms with van der Waals surface area (Å²) in [5, 5.41) is 10.6. The highest BCUT2D eigenvalue weighted by Crippen LogP contribution is 2.32. The van der Waals surface area contributed by atoms with E-state index in [1.165, 1.54) is 0 Å². The maximum absolute atomic E-state index is 12.3. The first kappa shape index (κ1) is 11.8. The summed E-state index contributed by atoms with van der Waals surface area (Å²) in [6.07, 6.45) is 5.26. The van der Waals surface area contributed by atoms with Crippen molar-refractivity contribution in [3.8, 4) is 0 Å². The van der Waals surface area contributed by atoms with Crippen LogP contribution >= 0.6 is 0 Å². The molecule has 0 spiro atoms. The van der Waals surface area contributed by atoms with Crippen LogP contribution in [-0.4, -0.2) is 16.5 Å². The number of aliphatic hydroxyl groups is 1. The van der Waals surface area contributed by atoms with Crippen LogP contribution in [0.2, 0.25) is 0 Å². The Morgan fingerprint density at radius 1 is 1.29 bits per heavy atom. The molecule has 17 heavy (non-hydrogen) atoms. The molecule has 0 aliphatic heterocycles. The number of Topliss-reactive ketones (excluding diaryl/α,β-unsaturated/α-hetero) is 1. The van der Waals surface area contributed by atoms with Gasteiger partial charge in [0.05, 0.1) is 0 Å². The monoisotopic (exact) mass is 228 g/mol. The summed E-state index contributed by atoms with van der Waals surface area (Å²) in [5.74, 6) is -0.436. The van der Waals surface area contributed by atoms with E-state index in [2.05, 4.69) is 0 Å². The maximum atomic E-state index is 12.3. The summed E-state index contributed by atoms with van der Waals surface area (Å²) in [5.41, 5.74) is 0.140. The lowest BCUT2D eigenvalue weighted by atomic mass is 9.76. The molecular formula is C15H16O2. The average molecular weight is 228 g/mol. The number of benzene rings is 1. The molecule has 1 aromatic rings. The summed E-state index contributed by atoms with van der Waals surface area (Å²) >= 11 is 0. The summed E-state index contributed by atoms with van der Waals surface area (Å²) in [6, 6.07) is 8.92. The summed E-state index contributed by atoms with van der Waals surface area (Å²) < 4.78 is 0. The lowest BCUT2D eigenvalue weighted by molar-refractivity contribution is 0.0360. The lowest BCUT2D eigenvalue weighted by Crippen LogP contribution is -2.44. The first-order chi connectivity index (χ1) is 8.05. The highest BCUT2D eigenvalue weighted by molar-refractivity contribution is 6.04. The zero-order chi connectivity index (χ0) is 12.5. The Kier molecular flexibility index (Phi) is 2.99. The fourth-order valence-electron chi connectivity index (χ4n) is 2.08. The van der Waals surface area contributed by atoms with Crippen LogP contribution < -0.4 is 0 Å². The van der Waals surface area contributed by atoms with E-state index in [9.17, 15) is 9.90 Å². The van der Waals surface area contributed by atoms with Gasteiger partial charge in [0, 0.05) is 11.5 Å². The van der Waals surface area contributed by atoms with Gasteiger partial charge < -0.3 is 5.11 Å². The largest absolute Gasteiger partial charge is 0.377 e. The number of hydrogen-bond acceptors (Lipinski definition) is 2. The second-order valence-electron chi connectivity index (χ2n) is 4.51. The van der Waals surface area contributed by atoms with Gasteiger partial charge >= 0.3 is 0 Å². The van der Waals surface area contributed by atoms with Gasteiger partial charge in [0.2, 0.25) is 0 Å². The first-order valence-corrected chi connectivity index (χ1v) is 5.74. The molecule has 1 aliphatic rings. The third kappa shape index (κ3) is 1.96. The van der Waals surface area contributed by atoms with Crippen molar-refractivity contribution >= 4 is 5.78 Å². The predicted molar refractivity (Wildman–Crippen MR) is 67.8 cm³/mol. The van der Waals surface area contributed by atoms with Gasteiger partial charge in [0.15, 0.2) is 11.4 Å². The second kappa shape index (κ2) is 4.30. The van der Waals surface area contributed by atoms with E-state index in [1.54, 1.807) is 36.4 Å². The maximum Gasteiger partial charge on any atom is 0.198 e. The second-order valence-corrected chi connectivity index (χ2v) is 4.51. The molecule has 1 N–H and O–H groups in total. The van der Waals surface area contributed by atoms with Gasteiger partial charge in [0.25, 0.3) is 0 Å². The summed E-state index contributed by atoms with van der Waals surface area (Å²) in [4.78, 5) is 12.3. The van der Waals surface area contributed by atoms with Crippen LogP contribution in [0.4, 0.5) is 0 Å². The lowest BCUT2D eigenvalue weighted by Gasteiger charge is -2.32. The van der Waals surface area contributed by atoms with Gasteiger partial charge in [-0.1, -0.05) is 55.0 Å². The van der Waals surface area contributed by atoms with E-state index >= 15 is 0 Å². The molecule has 0 saturated carbocycles. The number of ketones is 1. The highest BCUT2D eigenvalue weighted by Gasteiger charge is 2.41. The number of carbonyl (C=O) groups excluding carboxylic acids is 1. The fourth-order valence-corrected chi connectivity index (χ4v) is 2.08. The number of allylic oxidation sites excluding steroid dienone is 2. The van der Waals surface area contributed by atoms with E-state index in [1.807, 2.05) is 26.0 Å². The van der Waals surface area contributed by atoms with E-state index in [-0.39, 0.29) is 11.7 Å². The minimum atomic E-state index is -1.42. The molecule has 2 nitrogen and oxygen atoms in total. The smallest absolute Gasteiger partial charge is 0.198 e. The molecule has 88 valence electrons. The van der Waals surface area contributed by atoms with Gasteiger partial charge in [-0.25, -0.2) is 0 Å². The molecule has 2 unspecified atom stereocenters. The number of rotatable bonds is 2. The van der Waals surface area contributed by atoms with Crippen LogP contribution in [-0.2, 0) is 0 Å². The van der Waals surface area contributed by atoms with Crippen molar-refractivity contribution in [1.29, 1.82) is 0 Å². The standard InChI is InChI=1S/C15H16O2/c1-11-7-6-10-15(17,12(11)2)14(16)13-8-4-3-5-9-13/h3-10,12,17H,1-2H3. The Morgan fingerprint density at radius 2 is 1.94 bits per heavy atom. The van der Waals surface area contributed by atoms with Crippen LogP contribution in [0.1, 0.15) is 24.2 Å². The van der Waals surface area contributed by atoms with Crippen molar-refractivity contribution in [1.82, 2.24) is 0 Å². The SMILES string of the molecule is CC1=CC=CC(O)(C(=O)c2ccccc2)C1C. The number of hydrogen-bond donors (Lipinski definition) is 1. The molecule has 0 radical (unpaired) electrons. The molecule has 1 aliphatic carbocycles. The Labute approximate surface area is 101 Å². The molecule has 2 rings (SSSR count). The van der Waals surface area contributed by atoms with Crippen LogP contribution in [0.15, 0.2) is 54.1 Å². The molecule has 0 bridgehead atoms. The van der Waals surface area contributed by atoms with Gasteiger partial charge in [-0.2, -0.15) is 0 Å². The first-order valence-electron chi connectivity index (χ1n) is 5.74. The molecule has 0 aromatic heterocycles. The molecule has 2 atom stereocenters. The third-order valence-electron chi connectivity index (χ3n) is 3.45. The van der Waals surface area contributed by atoms with Crippen molar-refractivity contribution in [3.63, 3.8) is 0 Å². The molecule has 2 heteroatoms. The molecular weight excluding hydrogens is 212 g/mol. The zero-order valence-electron chi connectivity index (χ0n) is 10.1. The average Bonchev–Trinajstić information content (AvgIpc) is 2.36. The van der Waals surface area contributed by atoms with Gasteiger partial charge in [-0.15, -0.1) is 0 Å². The van der Waals surface area contributed by atoms with Gasteiger partial charge in [-0.05, 0) is 13.0 Å². The number of carbonyl (C=O) groups is 1. The summed E-state index contributed by atoms with van der Waals surface area (Å²) in [6.45, 7) is 3.80. The Bertz CT molecular complexity index is 485. The minimum Gasteiger partial charge on any atom is -0.377 e. The van der Waals surface area contributed by atoms with Crippen molar-refractivity contribution < 1.29 is 9.90 Å². The predicted octanol–water partition coefficient (Wildman–Crippen LogP) is 2.75. The van der Waals surface area contributed by atoms with Gasteiger partial charge in [-0.3, -0.25) is 4.79 Å². The molecule has 0 saturated heterocycles. The fraction of sp³-hybridized carbons (Fsp3) is 0.267. The van der Waals surface area contributed by atoms with E-state index < -0.39 is 5.60 Å². The van der Waals surface area contributed by atoms with Gasteiger partial charge in [0.1, 0.15) is 0 Å². The van der Waals surface area contributed by atoms with Crippen LogP contribution in [0, 0.1) is 5.92 Å². The molecule has 1 aromatic carbocycles. The van der Waals surface area contributed by atoms with Crippen molar-refractivity contribution in [2.75, 3.05) is 0 Å². The van der Waals surface area contributed by atoms with Crippen molar-refractivity contribution in [2.45, 2.75) is 19.4 Å². The van der Waals surface area contributed by atoms with Crippen LogP contribution in [0.25, 0.3) is 0 Å². The van der Waals surface area contributed by atoms with Crippen molar-refractivity contribution in [2.24, 2.45) is 5.92 Å². The van der Waals surface area contributed by atoms with E-state index in [0.717, 1.165) is 5.57 Å². The Hall–Kier alpha value is -1.67. The third-order valence-corrected chi connectivity index (χ3v) is 3.45. The van der Waals surface area contributed by atoms with Crippen LogP contribution in [0.3, 0.4) is 0 Å². The zero-order valence-corrected chi connectivity index (χ0v) is 10.1.